The molecule has 1 saturated heterocycles. The van der Waals surface area contributed by atoms with Gasteiger partial charge in [-0.3, -0.25) is 4.79 Å². The molecule has 1 aliphatic heterocycles. The Balaban J connectivity index is 2.13. The Morgan fingerprint density at radius 3 is 2.42 bits per heavy atom. The topological polar surface area (TPSA) is 144 Å². The summed E-state index contributed by atoms with van der Waals surface area (Å²) in [5, 5.41) is 50.4. The molecule has 0 bridgehead atoms. The number of hydrogen-bond donors (Lipinski definition) is 4. The number of Topliss-reactive ketones (excluding diaryl/α,β-unsaturated/α-hetero) is 1. The number of benzene rings is 1. The van der Waals surface area contributed by atoms with Crippen LogP contribution in [-0.2, 0) is 4.74 Å². The molecule has 0 radical (unpaired) electrons. The number of nitrogens with zero attached hydrogens (tertiary/aromatic N) is 2. The fourth-order valence-corrected chi connectivity index (χ4v) is 4.78. The SMILES string of the molecule is CC(=O)c1c(C)nc(S[C@@H]2O[C@H](CO)[C@H](O)[C@H](O)[C@H]2O)c(C#N)c1-c1ccc(Cl)cc1. The van der Waals surface area contributed by atoms with Crippen molar-refractivity contribution in [3.8, 4) is 17.2 Å². The summed E-state index contributed by atoms with van der Waals surface area (Å²) in [4.78, 5) is 16.8. The Morgan fingerprint density at radius 1 is 1.23 bits per heavy atom. The van der Waals surface area contributed by atoms with Gasteiger partial charge in [0.25, 0.3) is 0 Å². The van der Waals surface area contributed by atoms with E-state index in [4.69, 9.17) is 16.3 Å². The van der Waals surface area contributed by atoms with Crippen molar-refractivity contribution < 1.29 is 30.0 Å². The van der Waals surface area contributed by atoms with Gasteiger partial charge in [0.15, 0.2) is 5.78 Å². The fourth-order valence-electron chi connectivity index (χ4n) is 3.48. The number of thioether (sulfide) groups is 1. The van der Waals surface area contributed by atoms with Crippen LogP contribution in [0.5, 0.6) is 0 Å². The minimum absolute atomic E-state index is 0.0973. The van der Waals surface area contributed by atoms with Crippen LogP contribution < -0.4 is 0 Å². The highest BCUT2D eigenvalue weighted by molar-refractivity contribution is 7.99. The number of ketones is 1. The quantitative estimate of drug-likeness (QED) is 0.485. The number of ether oxygens (including phenoxy) is 1. The maximum Gasteiger partial charge on any atom is 0.162 e. The largest absolute Gasteiger partial charge is 0.394 e. The molecule has 4 N–H and O–H groups in total. The monoisotopic (exact) mass is 464 g/mol. The van der Waals surface area contributed by atoms with E-state index < -0.39 is 36.5 Å². The first-order chi connectivity index (χ1) is 14.7. The van der Waals surface area contributed by atoms with Crippen molar-refractivity contribution in [1.82, 2.24) is 4.98 Å². The summed E-state index contributed by atoms with van der Waals surface area (Å²) in [7, 11) is 0. The van der Waals surface area contributed by atoms with Gasteiger partial charge in [-0.25, -0.2) is 4.98 Å². The van der Waals surface area contributed by atoms with Crippen molar-refractivity contribution in [3.63, 3.8) is 0 Å². The van der Waals surface area contributed by atoms with E-state index in [0.29, 0.717) is 21.8 Å². The number of aliphatic hydroxyl groups is 4. The average molecular weight is 465 g/mol. The molecule has 3 rings (SSSR count). The van der Waals surface area contributed by atoms with E-state index in [1.54, 1.807) is 31.2 Å². The van der Waals surface area contributed by atoms with Crippen molar-refractivity contribution in [3.05, 3.63) is 46.1 Å². The standard InChI is InChI=1S/C21H21ClN2O6S/c1-9-15(10(2)26)16(11-3-5-12(22)6-4-11)13(7-23)20(24-9)31-21-19(29)18(28)17(27)14(8-25)30-21/h3-6,14,17-19,21,25,27-29H,8H2,1-2H3/t14-,17+,18+,19-,21+/m1/s1. The molecule has 1 fully saturated rings. The van der Waals surface area contributed by atoms with E-state index in [1.807, 2.05) is 0 Å². The van der Waals surface area contributed by atoms with E-state index in [9.17, 15) is 30.5 Å². The second-order valence-corrected chi connectivity index (χ2v) is 8.64. The van der Waals surface area contributed by atoms with Crippen molar-refractivity contribution in [2.75, 3.05) is 6.61 Å². The molecule has 0 spiro atoms. The van der Waals surface area contributed by atoms with Gasteiger partial charge >= 0.3 is 0 Å². The molecule has 1 aliphatic rings. The molecule has 0 unspecified atom stereocenters. The molecule has 0 saturated carbocycles. The minimum atomic E-state index is -1.55. The molecule has 2 aromatic rings. The lowest BCUT2D eigenvalue weighted by molar-refractivity contribution is -0.205. The normalized spacial score (nSPS) is 25.8. The van der Waals surface area contributed by atoms with Crippen molar-refractivity contribution in [1.29, 1.82) is 5.26 Å². The number of halogens is 1. The zero-order chi connectivity index (χ0) is 22.9. The lowest BCUT2D eigenvalue weighted by Gasteiger charge is -2.39. The zero-order valence-electron chi connectivity index (χ0n) is 16.7. The highest BCUT2D eigenvalue weighted by atomic mass is 35.5. The predicted octanol–water partition coefficient (Wildman–Crippen LogP) is 1.68. The highest BCUT2D eigenvalue weighted by Gasteiger charge is 2.44. The Morgan fingerprint density at radius 2 is 1.87 bits per heavy atom. The zero-order valence-corrected chi connectivity index (χ0v) is 18.3. The molecule has 5 atom stereocenters. The van der Waals surface area contributed by atoms with Crippen LogP contribution in [0, 0.1) is 18.3 Å². The number of pyridine rings is 1. The lowest BCUT2D eigenvalue weighted by atomic mass is 9.93. The number of rotatable bonds is 5. The van der Waals surface area contributed by atoms with Crippen LogP contribution in [0.2, 0.25) is 5.02 Å². The molecule has 0 amide bonds. The van der Waals surface area contributed by atoms with Gasteiger partial charge in [0.1, 0.15) is 40.9 Å². The van der Waals surface area contributed by atoms with Crippen LogP contribution in [0.4, 0.5) is 0 Å². The number of carbonyl (C=O) groups excluding carboxylic acids is 1. The number of hydrogen-bond acceptors (Lipinski definition) is 9. The molecule has 8 nitrogen and oxygen atoms in total. The Hall–Kier alpha value is -2.03. The summed E-state index contributed by atoms with van der Waals surface area (Å²) in [5.41, 5.74) is 0.620. The molecule has 0 aliphatic carbocycles. The maximum atomic E-state index is 12.4. The first kappa shape index (κ1) is 23.6. The predicted molar refractivity (Wildman–Crippen MR) is 114 cm³/mol. The van der Waals surface area contributed by atoms with Gasteiger partial charge in [-0.05, 0) is 31.5 Å². The first-order valence-electron chi connectivity index (χ1n) is 9.38. The van der Waals surface area contributed by atoms with Gasteiger partial charge < -0.3 is 25.2 Å². The first-order valence-corrected chi connectivity index (χ1v) is 10.6. The molecule has 1 aromatic heterocycles. The van der Waals surface area contributed by atoms with E-state index in [1.165, 1.54) is 6.92 Å². The van der Waals surface area contributed by atoms with Crippen molar-refractivity contribution >= 4 is 29.1 Å². The molecule has 2 heterocycles. The van der Waals surface area contributed by atoms with Gasteiger partial charge in [0, 0.05) is 16.1 Å². The smallest absolute Gasteiger partial charge is 0.162 e. The molecular formula is C21H21ClN2O6S. The summed E-state index contributed by atoms with van der Waals surface area (Å²) >= 11 is 6.85. The summed E-state index contributed by atoms with van der Waals surface area (Å²) in [6, 6.07) is 8.74. The number of aryl methyl sites for hydroxylation is 1. The second kappa shape index (κ2) is 9.63. The second-order valence-electron chi connectivity index (χ2n) is 7.12. The van der Waals surface area contributed by atoms with Crippen molar-refractivity contribution in [2.24, 2.45) is 0 Å². The Labute approximate surface area is 188 Å². The van der Waals surface area contributed by atoms with E-state index >= 15 is 0 Å². The summed E-state index contributed by atoms with van der Waals surface area (Å²) < 4.78 is 5.53. The highest BCUT2D eigenvalue weighted by Crippen LogP contribution is 2.39. The molecule has 10 heteroatoms. The van der Waals surface area contributed by atoms with Crippen LogP contribution in [0.1, 0.15) is 28.5 Å². The molecular weight excluding hydrogens is 444 g/mol. The van der Waals surface area contributed by atoms with Crippen molar-refractivity contribution in [2.45, 2.75) is 48.7 Å². The number of carbonyl (C=O) groups is 1. The van der Waals surface area contributed by atoms with Crippen LogP contribution in [0.25, 0.3) is 11.1 Å². The van der Waals surface area contributed by atoms with Crippen LogP contribution in [0.3, 0.4) is 0 Å². The number of nitriles is 1. The maximum absolute atomic E-state index is 12.4. The van der Waals surface area contributed by atoms with E-state index in [0.717, 1.165) is 11.8 Å². The van der Waals surface area contributed by atoms with Crippen LogP contribution >= 0.6 is 23.4 Å². The Bertz CT molecular complexity index is 1020. The number of aromatic nitrogens is 1. The van der Waals surface area contributed by atoms with Gasteiger partial charge in [0.2, 0.25) is 0 Å². The summed E-state index contributed by atoms with van der Waals surface area (Å²) in [5.74, 6) is -0.268. The van der Waals surface area contributed by atoms with Crippen LogP contribution in [-0.4, -0.2) is 67.7 Å². The molecule has 1 aromatic carbocycles. The lowest BCUT2D eigenvalue weighted by Crippen LogP contribution is -2.57. The third-order valence-corrected chi connectivity index (χ3v) is 6.41. The molecule has 164 valence electrons. The van der Waals surface area contributed by atoms with Gasteiger partial charge in [-0.1, -0.05) is 35.5 Å². The fraction of sp³-hybridized carbons (Fsp3) is 0.381. The third-order valence-electron chi connectivity index (χ3n) is 5.02. The number of aliphatic hydroxyl groups excluding tert-OH is 4. The minimum Gasteiger partial charge on any atom is -0.394 e. The molecule has 31 heavy (non-hydrogen) atoms. The van der Waals surface area contributed by atoms with E-state index in [-0.39, 0.29) is 21.9 Å². The Kier molecular flexibility index (Phi) is 7.34. The van der Waals surface area contributed by atoms with Crippen LogP contribution in [0.15, 0.2) is 29.3 Å². The van der Waals surface area contributed by atoms with Gasteiger partial charge in [0.05, 0.1) is 17.9 Å². The summed E-state index contributed by atoms with van der Waals surface area (Å²) in [6.45, 7) is 2.45. The average Bonchev–Trinajstić information content (AvgIpc) is 2.74. The van der Waals surface area contributed by atoms with Gasteiger partial charge in [-0.2, -0.15) is 5.26 Å². The third kappa shape index (κ3) is 4.61. The van der Waals surface area contributed by atoms with E-state index in [2.05, 4.69) is 11.1 Å². The summed E-state index contributed by atoms with van der Waals surface area (Å²) in [6.07, 6.45) is -5.63. The van der Waals surface area contributed by atoms with Gasteiger partial charge in [-0.15, -0.1) is 0 Å².